The molecule has 1 atom stereocenters. The minimum absolute atomic E-state index is 0.330. The van der Waals surface area contributed by atoms with Gasteiger partial charge in [-0.2, -0.15) is 5.10 Å². The number of aryl methyl sites for hydroxylation is 2. The normalized spacial score (nSPS) is 12.6. The molecule has 20 heavy (non-hydrogen) atoms. The molecular weight excluding hydrogens is 336 g/mol. The highest BCUT2D eigenvalue weighted by molar-refractivity contribution is 9.10. The van der Waals surface area contributed by atoms with Crippen molar-refractivity contribution in [2.24, 2.45) is 0 Å². The molecular formula is C16H20BrClN2. The van der Waals surface area contributed by atoms with Gasteiger partial charge in [0.25, 0.3) is 0 Å². The van der Waals surface area contributed by atoms with Crippen molar-refractivity contribution in [1.82, 2.24) is 9.78 Å². The van der Waals surface area contributed by atoms with Gasteiger partial charge in [-0.05, 0) is 43.5 Å². The minimum Gasteiger partial charge on any atom is -0.270 e. The SMILES string of the molecule is CCc1cc(CC(CCl)c2ccc(Br)cc2)n(CC)n1. The van der Waals surface area contributed by atoms with Crippen molar-refractivity contribution < 1.29 is 0 Å². The Morgan fingerprint density at radius 3 is 2.50 bits per heavy atom. The lowest BCUT2D eigenvalue weighted by Gasteiger charge is -2.15. The van der Waals surface area contributed by atoms with Crippen LogP contribution in [0.25, 0.3) is 0 Å². The van der Waals surface area contributed by atoms with Crippen molar-refractivity contribution >= 4 is 27.5 Å². The van der Waals surface area contributed by atoms with Gasteiger partial charge in [-0.1, -0.05) is 35.0 Å². The molecule has 0 bridgehead atoms. The second-order valence-corrected chi connectivity index (χ2v) is 6.13. The Labute approximate surface area is 134 Å². The van der Waals surface area contributed by atoms with Crippen LogP contribution in [0, 0.1) is 0 Å². The highest BCUT2D eigenvalue weighted by Gasteiger charge is 2.15. The minimum atomic E-state index is 0.330. The molecule has 0 aliphatic rings. The molecule has 1 aromatic heterocycles. The van der Waals surface area contributed by atoms with Gasteiger partial charge in [-0.3, -0.25) is 4.68 Å². The third-order valence-corrected chi connectivity index (χ3v) is 4.46. The molecule has 0 N–H and O–H groups in total. The number of alkyl halides is 1. The smallest absolute Gasteiger partial charge is 0.0624 e. The van der Waals surface area contributed by atoms with Crippen molar-refractivity contribution in [3.63, 3.8) is 0 Å². The first kappa shape index (κ1) is 15.6. The molecule has 2 nitrogen and oxygen atoms in total. The Hall–Kier alpha value is -0.800. The molecule has 4 heteroatoms. The van der Waals surface area contributed by atoms with Gasteiger partial charge in [0.1, 0.15) is 0 Å². The van der Waals surface area contributed by atoms with Crippen LogP contribution in [0.1, 0.15) is 36.7 Å². The maximum atomic E-state index is 6.19. The fourth-order valence-electron chi connectivity index (χ4n) is 2.37. The highest BCUT2D eigenvalue weighted by Crippen LogP contribution is 2.24. The first-order valence-electron chi connectivity index (χ1n) is 7.04. The lowest BCUT2D eigenvalue weighted by Crippen LogP contribution is -2.10. The van der Waals surface area contributed by atoms with Crippen molar-refractivity contribution in [1.29, 1.82) is 0 Å². The fourth-order valence-corrected chi connectivity index (χ4v) is 2.93. The summed E-state index contributed by atoms with van der Waals surface area (Å²) >= 11 is 9.66. The largest absolute Gasteiger partial charge is 0.270 e. The molecule has 0 amide bonds. The number of hydrogen-bond acceptors (Lipinski definition) is 1. The van der Waals surface area contributed by atoms with Gasteiger partial charge in [0, 0.05) is 28.5 Å². The molecule has 0 spiro atoms. The van der Waals surface area contributed by atoms with Crippen LogP contribution in [0.4, 0.5) is 0 Å². The summed E-state index contributed by atoms with van der Waals surface area (Å²) in [6.07, 6.45) is 1.91. The number of hydrogen-bond donors (Lipinski definition) is 0. The third-order valence-electron chi connectivity index (χ3n) is 3.56. The number of halogens is 2. The van der Waals surface area contributed by atoms with Crippen LogP contribution in [0.5, 0.6) is 0 Å². The average molecular weight is 356 g/mol. The maximum absolute atomic E-state index is 6.19. The zero-order valence-electron chi connectivity index (χ0n) is 11.9. The van der Waals surface area contributed by atoms with Crippen LogP contribution in [0.3, 0.4) is 0 Å². The lowest BCUT2D eigenvalue weighted by molar-refractivity contribution is 0.593. The van der Waals surface area contributed by atoms with E-state index < -0.39 is 0 Å². The molecule has 0 aliphatic heterocycles. The number of benzene rings is 1. The number of rotatable bonds is 6. The van der Waals surface area contributed by atoms with Crippen molar-refractivity contribution in [2.45, 2.75) is 39.2 Å². The van der Waals surface area contributed by atoms with E-state index in [0.29, 0.717) is 11.8 Å². The van der Waals surface area contributed by atoms with E-state index in [9.17, 15) is 0 Å². The molecule has 1 aromatic carbocycles. The molecule has 0 saturated heterocycles. The first-order chi connectivity index (χ1) is 9.67. The van der Waals surface area contributed by atoms with Crippen molar-refractivity contribution in [3.8, 4) is 0 Å². The van der Waals surface area contributed by atoms with Crippen molar-refractivity contribution in [2.75, 3.05) is 5.88 Å². The van der Waals surface area contributed by atoms with Crippen LogP contribution in [-0.2, 0) is 19.4 Å². The maximum Gasteiger partial charge on any atom is 0.0624 e. The van der Waals surface area contributed by atoms with Crippen LogP contribution in [0.2, 0.25) is 0 Å². The molecule has 0 fully saturated rings. The molecule has 0 radical (unpaired) electrons. The van der Waals surface area contributed by atoms with E-state index in [2.05, 4.69) is 69.9 Å². The van der Waals surface area contributed by atoms with Gasteiger partial charge in [0.05, 0.1) is 5.69 Å². The lowest BCUT2D eigenvalue weighted by atomic mass is 9.96. The van der Waals surface area contributed by atoms with E-state index in [1.807, 2.05) is 0 Å². The Morgan fingerprint density at radius 1 is 1.25 bits per heavy atom. The Bertz CT molecular complexity index is 548. The monoisotopic (exact) mass is 354 g/mol. The molecule has 2 aromatic rings. The molecule has 1 unspecified atom stereocenters. The van der Waals surface area contributed by atoms with Gasteiger partial charge in [-0.15, -0.1) is 11.6 Å². The summed E-state index contributed by atoms with van der Waals surface area (Å²) in [4.78, 5) is 0. The Balaban J connectivity index is 2.21. The zero-order chi connectivity index (χ0) is 14.5. The Morgan fingerprint density at radius 2 is 1.95 bits per heavy atom. The summed E-state index contributed by atoms with van der Waals surface area (Å²) in [6.45, 7) is 5.18. The zero-order valence-corrected chi connectivity index (χ0v) is 14.3. The second kappa shape index (κ2) is 7.28. The highest BCUT2D eigenvalue weighted by atomic mass is 79.9. The molecule has 108 valence electrons. The summed E-state index contributed by atoms with van der Waals surface area (Å²) in [5.74, 6) is 0.953. The van der Waals surface area contributed by atoms with Crippen LogP contribution < -0.4 is 0 Å². The summed E-state index contributed by atoms with van der Waals surface area (Å²) < 4.78 is 3.19. The van der Waals surface area contributed by atoms with Crippen LogP contribution in [0.15, 0.2) is 34.8 Å². The fraction of sp³-hybridized carbons (Fsp3) is 0.438. The van der Waals surface area contributed by atoms with E-state index in [0.717, 1.165) is 29.6 Å². The molecule has 2 rings (SSSR count). The number of nitrogens with zero attached hydrogens (tertiary/aromatic N) is 2. The molecule has 0 saturated carbocycles. The van der Waals surface area contributed by atoms with E-state index >= 15 is 0 Å². The predicted octanol–water partition coefficient (Wildman–Crippen LogP) is 4.79. The van der Waals surface area contributed by atoms with Gasteiger partial charge in [0.2, 0.25) is 0 Å². The second-order valence-electron chi connectivity index (χ2n) is 4.90. The van der Waals surface area contributed by atoms with Crippen molar-refractivity contribution in [3.05, 3.63) is 51.8 Å². The average Bonchev–Trinajstić information content (AvgIpc) is 2.88. The first-order valence-corrected chi connectivity index (χ1v) is 8.37. The van der Waals surface area contributed by atoms with Gasteiger partial charge >= 0.3 is 0 Å². The van der Waals surface area contributed by atoms with Gasteiger partial charge in [0.15, 0.2) is 0 Å². The van der Waals surface area contributed by atoms with E-state index in [-0.39, 0.29) is 0 Å². The quantitative estimate of drug-likeness (QED) is 0.681. The number of aromatic nitrogens is 2. The third kappa shape index (κ3) is 3.64. The molecule has 0 aliphatic carbocycles. The topological polar surface area (TPSA) is 17.8 Å². The van der Waals surface area contributed by atoms with E-state index in [1.165, 1.54) is 11.3 Å². The summed E-state index contributed by atoms with van der Waals surface area (Å²) in [7, 11) is 0. The van der Waals surface area contributed by atoms with Crippen LogP contribution >= 0.6 is 27.5 Å². The van der Waals surface area contributed by atoms with Gasteiger partial charge < -0.3 is 0 Å². The van der Waals surface area contributed by atoms with E-state index in [4.69, 9.17) is 11.6 Å². The Kier molecular flexibility index (Phi) is 5.67. The summed E-state index contributed by atoms with van der Waals surface area (Å²) in [5.41, 5.74) is 3.72. The van der Waals surface area contributed by atoms with E-state index in [1.54, 1.807) is 0 Å². The van der Waals surface area contributed by atoms with Crippen LogP contribution in [-0.4, -0.2) is 15.7 Å². The van der Waals surface area contributed by atoms with Gasteiger partial charge in [-0.25, -0.2) is 0 Å². The summed E-state index contributed by atoms with van der Waals surface area (Å²) in [5, 5.41) is 4.61. The summed E-state index contributed by atoms with van der Waals surface area (Å²) in [6, 6.07) is 10.6. The predicted molar refractivity (Wildman–Crippen MR) is 88.6 cm³/mol. The molecule has 1 heterocycles. The standard InChI is InChI=1S/C16H20BrClN2/c1-3-15-10-16(20(4-2)19-15)9-13(11-18)12-5-7-14(17)8-6-12/h5-8,10,13H,3-4,9,11H2,1-2H3.